The summed E-state index contributed by atoms with van der Waals surface area (Å²) in [5, 5.41) is 0. The van der Waals surface area contributed by atoms with Gasteiger partial charge in [-0.25, -0.2) is 4.79 Å². The van der Waals surface area contributed by atoms with Gasteiger partial charge >= 0.3 is 5.97 Å². The molecule has 0 aliphatic heterocycles. The smallest absolute Gasteiger partial charge is 0.330 e. The lowest BCUT2D eigenvalue weighted by Gasteiger charge is -2.46. The Balaban J connectivity index is 2.09. The second kappa shape index (κ2) is 3.99. The van der Waals surface area contributed by atoms with E-state index in [0.29, 0.717) is 5.92 Å². The SMILES string of the molecule is C=CC(=O)OC12CCCC(CC(C)C1)C2. The predicted molar refractivity (Wildman–Crippen MR) is 59.4 cm³/mol. The predicted octanol–water partition coefficient (Wildman–Crippen LogP) is 3.07. The molecule has 0 amide bonds. The minimum atomic E-state index is -0.246. The maximum absolute atomic E-state index is 11.3. The van der Waals surface area contributed by atoms with Crippen molar-refractivity contribution in [3.05, 3.63) is 12.7 Å². The second-order valence-corrected chi connectivity index (χ2v) is 5.32. The molecule has 84 valence electrons. The third-order valence-corrected chi connectivity index (χ3v) is 3.85. The van der Waals surface area contributed by atoms with Crippen LogP contribution in [0.1, 0.15) is 45.4 Å². The van der Waals surface area contributed by atoms with E-state index in [4.69, 9.17) is 4.74 Å². The molecule has 15 heavy (non-hydrogen) atoms. The van der Waals surface area contributed by atoms with Gasteiger partial charge in [-0.1, -0.05) is 19.9 Å². The van der Waals surface area contributed by atoms with Crippen LogP contribution in [0.3, 0.4) is 0 Å². The Bertz CT molecular complexity index is 268. The summed E-state index contributed by atoms with van der Waals surface area (Å²) in [4.78, 5) is 11.3. The summed E-state index contributed by atoms with van der Waals surface area (Å²) in [6, 6.07) is 0. The van der Waals surface area contributed by atoms with E-state index in [1.54, 1.807) is 0 Å². The van der Waals surface area contributed by atoms with E-state index in [0.717, 1.165) is 25.2 Å². The fourth-order valence-corrected chi connectivity index (χ4v) is 3.51. The summed E-state index contributed by atoms with van der Waals surface area (Å²) >= 11 is 0. The van der Waals surface area contributed by atoms with E-state index in [2.05, 4.69) is 13.5 Å². The quantitative estimate of drug-likeness (QED) is 0.515. The Morgan fingerprint density at radius 3 is 3.07 bits per heavy atom. The Morgan fingerprint density at radius 1 is 1.53 bits per heavy atom. The third-order valence-electron chi connectivity index (χ3n) is 3.85. The van der Waals surface area contributed by atoms with E-state index in [-0.39, 0.29) is 11.6 Å². The third kappa shape index (κ3) is 2.24. The molecule has 2 fully saturated rings. The second-order valence-electron chi connectivity index (χ2n) is 5.32. The van der Waals surface area contributed by atoms with Crippen molar-refractivity contribution in [3.8, 4) is 0 Å². The molecule has 2 rings (SSSR count). The Kier molecular flexibility index (Phi) is 2.85. The molecule has 3 atom stereocenters. The average molecular weight is 208 g/mol. The number of rotatable bonds is 2. The van der Waals surface area contributed by atoms with Crippen molar-refractivity contribution in [3.63, 3.8) is 0 Å². The first-order chi connectivity index (χ1) is 7.13. The molecule has 0 saturated heterocycles. The van der Waals surface area contributed by atoms with Crippen LogP contribution in [-0.2, 0) is 9.53 Å². The molecule has 0 aromatic rings. The van der Waals surface area contributed by atoms with Gasteiger partial charge in [0, 0.05) is 6.08 Å². The Hall–Kier alpha value is -0.790. The van der Waals surface area contributed by atoms with Gasteiger partial charge in [0.05, 0.1) is 0 Å². The zero-order chi connectivity index (χ0) is 10.9. The lowest BCUT2D eigenvalue weighted by Crippen LogP contribution is -2.45. The van der Waals surface area contributed by atoms with Gasteiger partial charge in [0.2, 0.25) is 0 Å². The molecule has 3 unspecified atom stereocenters. The van der Waals surface area contributed by atoms with Crippen LogP contribution in [0.4, 0.5) is 0 Å². The van der Waals surface area contributed by atoms with Crippen molar-refractivity contribution in [2.75, 3.05) is 0 Å². The summed E-state index contributed by atoms with van der Waals surface area (Å²) in [7, 11) is 0. The molecule has 0 spiro atoms. The highest BCUT2D eigenvalue weighted by Gasteiger charge is 2.44. The zero-order valence-corrected chi connectivity index (χ0v) is 9.50. The monoisotopic (exact) mass is 208 g/mol. The first-order valence-corrected chi connectivity index (χ1v) is 5.99. The number of esters is 1. The largest absolute Gasteiger partial charge is 0.456 e. The highest BCUT2D eigenvalue weighted by atomic mass is 16.6. The minimum Gasteiger partial charge on any atom is -0.456 e. The zero-order valence-electron chi connectivity index (χ0n) is 9.50. The van der Waals surface area contributed by atoms with Gasteiger partial charge in [-0.15, -0.1) is 0 Å². The standard InChI is InChI=1S/C13H20O2/c1-3-12(14)15-13-6-4-5-11(9-13)7-10(2)8-13/h3,10-11H,1,4-9H2,2H3. The molecule has 2 aliphatic rings. The topological polar surface area (TPSA) is 26.3 Å². The van der Waals surface area contributed by atoms with Gasteiger partial charge in [-0.3, -0.25) is 0 Å². The number of carbonyl (C=O) groups excluding carboxylic acids is 1. The van der Waals surface area contributed by atoms with Crippen molar-refractivity contribution >= 4 is 5.97 Å². The molecule has 2 heteroatoms. The number of hydrogen-bond donors (Lipinski definition) is 0. The molecule has 0 aromatic heterocycles. The minimum absolute atomic E-state index is 0.147. The van der Waals surface area contributed by atoms with Crippen LogP contribution >= 0.6 is 0 Å². The highest BCUT2D eigenvalue weighted by molar-refractivity contribution is 5.81. The summed E-state index contributed by atoms with van der Waals surface area (Å²) in [6.45, 7) is 5.74. The van der Waals surface area contributed by atoms with Crippen LogP contribution in [0.5, 0.6) is 0 Å². The van der Waals surface area contributed by atoms with Crippen molar-refractivity contribution in [2.24, 2.45) is 11.8 Å². The van der Waals surface area contributed by atoms with Crippen molar-refractivity contribution in [2.45, 2.75) is 51.0 Å². The van der Waals surface area contributed by atoms with E-state index in [9.17, 15) is 4.79 Å². The van der Waals surface area contributed by atoms with Crippen molar-refractivity contribution in [1.82, 2.24) is 0 Å². The molecule has 0 aromatic carbocycles. The van der Waals surface area contributed by atoms with E-state index >= 15 is 0 Å². The maximum atomic E-state index is 11.3. The molecule has 0 N–H and O–H groups in total. The summed E-state index contributed by atoms with van der Waals surface area (Å²) in [5.41, 5.74) is -0.147. The normalized spacial score (nSPS) is 39.5. The Labute approximate surface area is 91.7 Å². The number of fused-ring (bicyclic) bond motifs is 2. The van der Waals surface area contributed by atoms with Crippen LogP contribution in [0.2, 0.25) is 0 Å². The highest BCUT2D eigenvalue weighted by Crippen LogP contribution is 2.47. The summed E-state index contributed by atoms with van der Waals surface area (Å²) in [6.07, 6.45) is 8.30. The van der Waals surface area contributed by atoms with Gasteiger partial charge in [0.1, 0.15) is 5.60 Å². The molecule has 2 nitrogen and oxygen atoms in total. The molecule has 0 radical (unpaired) electrons. The molecule has 2 bridgehead atoms. The Morgan fingerprint density at radius 2 is 2.33 bits per heavy atom. The number of hydrogen-bond acceptors (Lipinski definition) is 2. The van der Waals surface area contributed by atoms with Gasteiger partial charge < -0.3 is 4.74 Å². The van der Waals surface area contributed by atoms with E-state index in [1.807, 2.05) is 0 Å². The average Bonchev–Trinajstić information content (AvgIpc) is 2.15. The van der Waals surface area contributed by atoms with Crippen LogP contribution in [-0.4, -0.2) is 11.6 Å². The summed E-state index contributed by atoms with van der Waals surface area (Å²) in [5.74, 6) is 1.23. The molecule has 2 aliphatic carbocycles. The first-order valence-electron chi connectivity index (χ1n) is 5.99. The summed E-state index contributed by atoms with van der Waals surface area (Å²) < 4.78 is 5.61. The number of ether oxygens (including phenoxy) is 1. The van der Waals surface area contributed by atoms with Crippen LogP contribution < -0.4 is 0 Å². The lowest BCUT2D eigenvalue weighted by atomic mass is 9.65. The van der Waals surface area contributed by atoms with Gasteiger partial charge in [0.25, 0.3) is 0 Å². The molecular formula is C13H20O2. The fraction of sp³-hybridized carbons (Fsp3) is 0.769. The van der Waals surface area contributed by atoms with Crippen LogP contribution in [0.15, 0.2) is 12.7 Å². The van der Waals surface area contributed by atoms with E-state index < -0.39 is 0 Å². The van der Waals surface area contributed by atoms with E-state index in [1.165, 1.54) is 25.3 Å². The lowest BCUT2D eigenvalue weighted by molar-refractivity contribution is -0.166. The maximum Gasteiger partial charge on any atom is 0.330 e. The van der Waals surface area contributed by atoms with Crippen molar-refractivity contribution in [1.29, 1.82) is 0 Å². The van der Waals surface area contributed by atoms with Gasteiger partial charge in [-0.2, -0.15) is 0 Å². The van der Waals surface area contributed by atoms with Gasteiger partial charge in [-0.05, 0) is 43.9 Å². The fourth-order valence-electron chi connectivity index (χ4n) is 3.51. The van der Waals surface area contributed by atoms with Crippen molar-refractivity contribution < 1.29 is 9.53 Å². The molecular weight excluding hydrogens is 188 g/mol. The molecule has 2 saturated carbocycles. The van der Waals surface area contributed by atoms with Gasteiger partial charge in [0.15, 0.2) is 0 Å². The molecule has 0 heterocycles. The first kappa shape index (κ1) is 10.7. The van der Waals surface area contributed by atoms with Crippen LogP contribution in [0, 0.1) is 11.8 Å². The number of carbonyl (C=O) groups is 1. The van der Waals surface area contributed by atoms with Crippen LogP contribution in [0.25, 0.3) is 0 Å².